The van der Waals surface area contributed by atoms with Gasteiger partial charge in [0.25, 0.3) is 10.0 Å². The summed E-state index contributed by atoms with van der Waals surface area (Å²) in [4.78, 5) is 10.9. The average molecular weight is 322 g/mol. The van der Waals surface area contributed by atoms with Gasteiger partial charge in [-0.15, -0.1) is 0 Å². The van der Waals surface area contributed by atoms with E-state index in [0.717, 1.165) is 0 Å². The highest BCUT2D eigenvalue weighted by molar-refractivity contribution is 7.92. The Morgan fingerprint density at radius 2 is 1.76 bits per heavy atom. The molecule has 21 heavy (non-hydrogen) atoms. The van der Waals surface area contributed by atoms with Crippen molar-refractivity contribution in [2.75, 3.05) is 4.72 Å². The highest BCUT2D eigenvalue weighted by Crippen LogP contribution is 2.17. The summed E-state index contributed by atoms with van der Waals surface area (Å²) in [5.74, 6) is 0. The lowest BCUT2D eigenvalue weighted by atomic mass is 10.2. The second-order valence-corrected chi connectivity index (χ2v) is 6.24. The number of sulfonamides is 1. The number of rotatable bonds is 5. The van der Waals surface area contributed by atoms with Gasteiger partial charge in [0.15, 0.2) is 0 Å². The van der Waals surface area contributed by atoms with Crippen molar-refractivity contribution < 1.29 is 13.2 Å². The minimum atomic E-state index is -3.63. The van der Waals surface area contributed by atoms with Crippen molar-refractivity contribution in [3.63, 3.8) is 0 Å². The van der Waals surface area contributed by atoms with Gasteiger partial charge in [-0.2, -0.15) is 0 Å². The molecule has 0 aromatic heterocycles. The third-order valence-corrected chi connectivity index (χ3v) is 4.12. The molecule has 2 rings (SSSR count). The van der Waals surface area contributed by atoms with Gasteiger partial charge in [0.05, 0.1) is 4.90 Å². The zero-order chi connectivity index (χ0) is 15.3. The Morgan fingerprint density at radius 1 is 1.05 bits per heavy atom. The standard InChI is InChI=1S/C15H12ClNO3S/c16-15(18)10-9-12-5-4-6-13(11-12)17-21(19,20)14-7-2-1-3-8-14/h1-11,17H/b10-9+. The fourth-order valence-electron chi connectivity index (χ4n) is 1.68. The van der Waals surface area contributed by atoms with Crippen LogP contribution in [-0.2, 0) is 14.8 Å². The minimum Gasteiger partial charge on any atom is -0.280 e. The van der Waals surface area contributed by atoms with Gasteiger partial charge in [-0.1, -0.05) is 36.4 Å². The van der Waals surface area contributed by atoms with Gasteiger partial charge in [-0.05, 0) is 47.5 Å². The van der Waals surface area contributed by atoms with Crippen LogP contribution in [0, 0.1) is 0 Å². The molecule has 108 valence electrons. The molecule has 0 spiro atoms. The van der Waals surface area contributed by atoms with Crippen molar-refractivity contribution in [1.82, 2.24) is 0 Å². The molecule has 0 amide bonds. The summed E-state index contributed by atoms with van der Waals surface area (Å²) in [5, 5.41) is -0.592. The summed E-state index contributed by atoms with van der Waals surface area (Å²) >= 11 is 5.22. The summed E-state index contributed by atoms with van der Waals surface area (Å²) < 4.78 is 26.8. The maximum absolute atomic E-state index is 12.2. The Balaban J connectivity index is 2.24. The molecule has 0 saturated carbocycles. The van der Waals surface area contributed by atoms with Gasteiger partial charge in [0.2, 0.25) is 5.24 Å². The van der Waals surface area contributed by atoms with Crippen LogP contribution in [0.3, 0.4) is 0 Å². The van der Waals surface area contributed by atoms with E-state index in [0.29, 0.717) is 11.3 Å². The third-order valence-electron chi connectivity index (χ3n) is 2.60. The van der Waals surface area contributed by atoms with E-state index in [-0.39, 0.29) is 4.90 Å². The third kappa shape index (κ3) is 4.44. The molecule has 0 atom stereocenters. The van der Waals surface area contributed by atoms with E-state index in [2.05, 4.69) is 4.72 Å². The number of anilines is 1. The van der Waals surface area contributed by atoms with E-state index in [4.69, 9.17) is 11.6 Å². The molecule has 1 N–H and O–H groups in total. The Labute approximate surface area is 128 Å². The molecule has 0 bridgehead atoms. The first-order valence-corrected chi connectivity index (χ1v) is 7.89. The Kier molecular flexibility index (Phi) is 4.77. The van der Waals surface area contributed by atoms with E-state index in [1.165, 1.54) is 24.3 Å². The quantitative estimate of drug-likeness (QED) is 0.679. The predicted molar refractivity (Wildman–Crippen MR) is 83.6 cm³/mol. The number of halogens is 1. The number of benzene rings is 2. The van der Waals surface area contributed by atoms with Gasteiger partial charge in [0.1, 0.15) is 0 Å². The van der Waals surface area contributed by atoms with Crippen LogP contribution < -0.4 is 4.72 Å². The molecule has 0 saturated heterocycles. The van der Waals surface area contributed by atoms with Crippen molar-refractivity contribution in [2.24, 2.45) is 0 Å². The fourth-order valence-corrected chi connectivity index (χ4v) is 2.81. The second-order valence-electron chi connectivity index (χ2n) is 4.18. The van der Waals surface area contributed by atoms with Gasteiger partial charge in [-0.3, -0.25) is 9.52 Å². The summed E-state index contributed by atoms with van der Waals surface area (Å²) in [6, 6.07) is 14.7. The van der Waals surface area contributed by atoms with Crippen molar-refractivity contribution in [3.05, 3.63) is 66.2 Å². The van der Waals surface area contributed by atoms with Crippen molar-refractivity contribution in [3.8, 4) is 0 Å². The minimum absolute atomic E-state index is 0.182. The maximum atomic E-state index is 12.2. The lowest BCUT2D eigenvalue weighted by Gasteiger charge is -2.08. The van der Waals surface area contributed by atoms with Crippen LogP contribution in [-0.4, -0.2) is 13.7 Å². The smallest absolute Gasteiger partial charge is 0.261 e. The van der Waals surface area contributed by atoms with Gasteiger partial charge < -0.3 is 0 Å². The molecule has 6 heteroatoms. The van der Waals surface area contributed by atoms with Crippen LogP contribution >= 0.6 is 11.6 Å². The van der Waals surface area contributed by atoms with Crippen LogP contribution in [0.5, 0.6) is 0 Å². The Hall–Kier alpha value is -2.11. The highest BCUT2D eigenvalue weighted by Gasteiger charge is 2.13. The van der Waals surface area contributed by atoms with Gasteiger partial charge in [0, 0.05) is 5.69 Å². The molecule has 0 heterocycles. The number of hydrogen-bond donors (Lipinski definition) is 1. The van der Waals surface area contributed by atoms with E-state index < -0.39 is 15.3 Å². The maximum Gasteiger partial charge on any atom is 0.261 e. The van der Waals surface area contributed by atoms with Crippen LogP contribution in [0.1, 0.15) is 5.56 Å². The van der Waals surface area contributed by atoms with Crippen molar-refractivity contribution >= 4 is 38.6 Å². The fraction of sp³-hybridized carbons (Fsp3) is 0. The molecule has 0 radical (unpaired) electrons. The summed E-state index contributed by atoms with van der Waals surface area (Å²) in [7, 11) is -3.63. The first-order chi connectivity index (χ1) is 9.97. The first-order valence-electron chi connectivity index (χ1n) is 6.03. The molecule has 0 fully saturated rings. The molecule has 0 unspecified atom stereocenters. The average Bonchev–Trinajstić information content (AvgIpc) is 2.46. The molecule has 0 aliphatic rings. The van der Waals surface area contributed by atoms with Crippen molar-refractivity contribution in [2.45, 2.75) is 4.90 Å². The predicted octanol–water partition coefficient (Wildman–Crippen LogP) is 3.27. The van der Waals surface area contributed by atoms with Gasteiger partial charge in [-0.25, -0.2) is 8.42 Å². The molecule has 0 aliphatic carbocycles. The number of hydrogen-bond acceptors (Lipinski definition) is 3. The first kappa shape index (κ1) is 15.3. The number of nitrogens with one attached hydrogen (secondary N) is 1. The van der Waals surface area contributed by atoms with Crippen LogP contribution in [0.4, 0.5) is 5.69 Å². The largest absolute Gasteiger partial charge is 0.280 e. The molecule has 0 aliphatic heterocycles. The van der Waals surface area contributed by atoms with Crippen LogP contribution in [0.15, 0.2) is 65.6 Å². The second kappa shape index (κ2) is 6.56. The van der Waals surface area contributed by atoms with E-state index in [1.807, 2.05) is 0 Å². The molecular formula is C15H12ClNO3S. The zero-order valence-corrected chi connectivity index (χ0v) is 12.4. The van der Waals surface area contributed by atoms with Crippen molar-refractivity contribution in [1.29, 1.82) is 0 Å². The van der Waals surface area contributed by atoms with E-state index in [1.54, 1.807) is 42.5 Å². The lowest BCUT2D eigenvalue weighted by molar-refractivity contribution is -0.107. The summed E-state index contributed by atoms with van der Waals surface area (Å²) in [5.41, 5.74) is 1.07. The molecule has 2 aromatic carbocycles. The monoisotopic (exact) mass is 321 g/mol. The van der Waals surface area contributed by atoms with Gasteiger partial charge >= 0.3 is 0 Å². The lowest BCUT2D eigenvalue weighted by Crippen LogP contribution is -2.12. The summed E-state index contributed by atoms with van der Waals surface area (Å²) in [6.45, 7) is 0. The van der Waals surface area contributed by atoms with E-state index in [9.17, 15) is 13.2 Å². The van der Waals surface area contributed by atoms with E-state index >= 15 is 0 Å². The summed E-state index contributed by atoms with van der Waals surface area (Å²) in [6.07, 6.45) is 2.71. The number of carbonyl (C=O) groups excluding carboxylic acids is 1. The molecular weight excluding hydrogens is 310 g/mol. The Morgan fingerprint density at radius 3 is 2.43 bits per heavy atom. The number of allylic oxidation sites excluding steroid dienone is 1. The highest BCUT2D eigenvalue weighted by atomic mass is 35.5. The molecule has 2 aromatic rings. The SMILES string of the molecule is O=C(Cl)/C=C/c1cccc(NS(=O)(=O)c2ccccc2)c1. The normalized spacial score (nSPS) is 11.5. The molecule has 4 nitrogen and oxygen atoms in total. The van der Waals surface area contributed by atoms with Crippen LogP contribution in [0.2, 0.25) is 0 Å². The Bertz CT molecular complexity index is 771. The topological polar surface area (TPSA) is 63.2 Å². The zero-order valence-electron chi connectivity index (χ0n) is 10.9. The van der Waals surface area contributed by atoms with Crippen LogP contribution in [0.25, 0.3) is 6.08 Å². The number of carbonyl (C=O) groups is 1.